The van der Waals surface area contributed by atoms with Crippen LogP contribution in [0.2, 0.25) is 0 Å². The number of halogens is 1. The monoisotopic (exact) mass is 305 g/mol. The van der Waals surface area contributed by atoms with Gasteiger partial charge in [-0.1, -0.05) is 45.8 Å². The number of anilines is 1. The number of nitrogens with one attached hydrogen (secondary N) is 1. The van der Waals surface area contributed by atoms with Crippen molar-refractivity contribution in [3.8, 4) is 0 Å². The van der Waals surface area contributed by atoms with Crippen molar-refractivity contribution in [2.45, 2.75) is 13.0 Å². The van der Waals surface area contributed by atoms with Gasteiger partial charge >= 0.3 is 0 Å². The van der Waals surface area contributed by atoms with Crippen LogP contribution in [0.3, 0.4) is 0 Å². The third kappa shape index (κ3) is 3.59. The topological polar surface area (TPSA) is 32.3 Å². The highest BCUT2D eigenvalue weighted by molar-refractivity contribution is 9.10. The fourth-order valence-electron chi connectivity index (χ4n) is 1.69. The summed E-state index contributed by atoms with van der Waals surface area (Å²) in [7, 11) is 0. The molecule has 0 radical (unpaired) electrons. The summed E-state index contributed by atoms with van der Waals surface area (Å²) < 4.78 is 1.02. The summed E-state index contributed by atoms with van der Waals surface area (Å²) >= 11 is 3.38. The zero-order valence-corrected chi connectivity index (χ0v) is 11.8. The molecular formula is C15H16BrNO. The van der Waals surface area contributed by atoms with Gasteiger partial charge in [-0.15, -0.1) is 0 Å². The van der Waals surface area contributed by atoms with Gasteiger partial charge in [-0.25, -0.2) is 0 Å². The van der Waals surface area contributed by atoms with E-state index in [2.05, 4.69) is 28.2 Å². The summed E-state index contributed by atoms with van der Waals surface area (Å²) in [5.41, 5.74) is 3.17. The van der Waals surface area contributed by atoms with Gasteiger partial charge in [-0.2, -0.15) is 0 Å². The van der Waals surface area contributed by atoms with Crippen LogP contribution in [0.25, 0.3) is 0 Å². The SMILES string of the molecule is Cc1ccc(NC[C@@H](O)c2ccc(Br)cc2)cc1. The molecule has 0 bridgehead atoms. The molecule has 0 amide bonds. The predicted octanol–water partition coefficient (Wildman–Crippen LogP) is 3.90. The first-order valence-corrected chi connectivity index (χ1v) is 6.68. The minimum Gasteiger partial charge on any atom is -0.387 e. The lowest BCUT2D eigenvalue weighted by molar-refractivity contribution is 0.191. The smallest absolute Gasteiger partial charge is 0.0962 e. The van der Waals surface area contributed by atoms with Gasteiger partial charge in [0.1, 0.15) is 0 Å². The summed E-state index contributed by atoms with van der Waals surface area (Å²) in [4.78, 5) is 0. The van der Waals surface area contributed by atoms with E-state index in [1.165, 1.54) is 5.56 Å². The molecule has 0 aliphatic heterocycles. The van der Waals surface area contributed by atoms with Crippen LogP contribution in [0.15, 0.2) is 53.0 Å². The average molecular weight is 306 g/mol. The fraction of sp³-hybridized carbons (Fsp3) is 0.200. The molecule has 0 aliphatic carbocycles. The Balaban J connectivity index is 1.93. The van der Waals surface area contributed by atoms with Gasteiger partial charge in [-0.05, 0) is 36.8 Å². The lowest BCUT2D eigenvalue weighted by Crippen LogP contribution is -2.11. The Kier molecular flexibility index (Phi) is 4.39. The van der Waals surface area contributed by atoms with Crippen molar-refractivity contribution in [1.29, 1.82) is 0 Å². The molecule has 0 saturated carbocycles. The molecule has 2 rings (SSSR count). The van der Waals surface area contributed by atoms with Gasteiger partial charge in [-0.3, -0.25) is 0 Å². The molecule has 0 aliphatic rings. The maximum Gasteiger partial charge on any atom is 0.0962 e. The van der Waals surface area contributed by atoms with Gasteiger partial charge < -0.3 is 10.4 Å². The van der Waals surface area contributed by atoms with E-state index in [4.69, 9.17) is 0 Å². The van der Waals surface area contributed by atoms with Crippen LogP contribution in [0, 0.1) is 6.92 Å². The van der Waals surface area contributed by atoms with Crippen molar-refractivity contribution in [3.63, 3.8) is 0 Å². The molecule has 2 N–H and O–H groups in total. The van der Waals surface area contributed by atoms with E-state index in [1.54, 1.807) is 0 Å². The molecule has 0 fully saturated rings. The number of aliphatic hydroxyl groups excluding tert-OH is 1. The molecule has 2 aromatic rings. The van der Waals surface area contributed by atoms with E-state index in [0.29, 0.717) is 6.54 Å². The Morgan fingerprint density at radius 3 is 2.28 bits per heavy atom. The third-order valence-corrected chi connectivity index (χ3v) is 3.33. The van der Waals surface area contributed by atoms with Gasteiger partial charge in [0, 0.05) is 16.7 Å². The van der Waals surface area contributed by atoms with Crippen molar-refractivity contribution in [2.75, 3.05) is 11.9 Å². The molecule has 3 heteroatoms. The Labute approximate surface area is 116 Å². The number of hydrogen-bond donors (Lipinski definition) is 2. The van der Waals surface area contributed by atoms with Crippen LogP contribution in [-0.2, 0) is 0 Å². The molecular weight excluding hydrogens is 290 g/mol. The average Bonchev–Trinajstić information content (AvgIpc) is 2.38. The number of rotatable bonds is 4. The van der Waals surface area contributed by atoms with Crippen LogP contribution in [0.4, 0.5) is 5.69 Å². The van der Waals surface area contributed by atoms with Crippen molar-refractivity contribution in [2.24, 2.45) is 0 Å². The quantitative estimate of drug-likeness (QED) is 0.898. The second-order valence-electron chi connectivity index (χ2n) is 4.31. The third-order valence-electron chi connectivity index (χ3n) is 2.81. The highest BCUT2D eigenvalue weighted by atomic mass is 79.9. The van der Waals surface area contributed by atoms with Gasteiger partial charge in [0.2, 0.25) is 0 Å². The minimum atomic E-state index is -0.501. The van der Waals surface area contributed by atoms with E-state index in [0.717, 1.165) is 15.7 Å². The molecule has 0 saturated heterocycles. The normalized spacial score (nSPS) is 12.2. The summed E-state index contributed by atoms with van der Waals surface area (Å²) in [5.74, 6) is 0. The zero-order valence-electron chi connectivity index (χ0n) is 10.2. The lowest BCUT2D eigenvalue weighted by Gasteiger charge is -2.13. The van der Waals surface area contributed by atoms with E-state index in [9.17, 15) is 5.11 Å². The van der Waals surface area contributed by atoms with Crippen LogP contribution in [0.5, 0.6) is 0 Å². The van der Waals surface area contributed by atoms with E-state index < -0.39 is 6.10 Å². The van der Waals surface area contributed by atoms with E-state index in [-0.39, 0.29) is 0 Å². The van der Waals surface area contributed by atoms with Crippen LogP contribution >= 0.6 is 15.9 Å². The first-order chi connectivity index (χ1) is 8.65. The van der Waals surface area contributed by atoms with Crippen molar-refractivity contribution in [3.05, 3.63) is 64.1 Å². The second kappa shape index (κ2) is 6.03. The summed E-state index contributed by atoms with van der Waals surface area (Å²) in [5, 5.41) is 13.3. The van der Waals surface area contributed by atoms with Crippen molar-refractivity contribution >= 4 is 21.6 Å². The summed E-state index contributed by atoms with van der Waals surface area (Å²) in [6.45, 7) is 2.56. The first kappa shape index (κ1) is 13.1. The Morgan fingerprint density at radius 2 is 1.67 bits per heavy atom. The summed E-state index contributed by atoms with van der Waals surface area (Å²) in [6.07, 6.45) is -0.501. The van der Waals surface area contributed by atoms with Crippen LogP contribution in [0.1, 0.15) is 17.2 Å². The molecule has 0 aromatic heterocycles. The highest BCUT2D eigenvalue weighted by Gasteiger charge is 2.06. The minimum absolute atomic E-state index is 0.501. The molecule has 1 atom stereocenters. The van der Waals surface area contributed by atoms with Gasteiger partial charge in [0.25, 0.3) is 0 Å². The highest BCUT2D eigenvalue weighted by Crippen LogP contribution is 2.18. The van der Waals surface area contributed by atoms with Crippen LogP contribution in [-0.4, -0.2) is 11.7 Å². The molecule has 0 heterocycles. The second-order valence-corrected chi connectivity index (χ2v) is 5.23. The van der Waals surface area contributed by atoms with Gasteiger partial charge in [0.15, 0.2) is 0 Å². The van der Waals surface area contributed by atoms with E-state index >= 15 is 0 Å². The maximum absolute atomic E-state index is 10.0. The zero-order chi connectivity index (χ0) is 13.0. The summed E-state index contributed by atoms with van der Waals surface area (Å²) in [6, 6.07) is 15.8. The van der Waals surface area contributed by atoms with Crippen molar-refractivity contribution < 1.29 is 5.11 Å². The molecule has 0 spiro atoms. The number of aliphatic hydroxyl groups is 1. The largest absolute Gasteiger partial charge is 0.387 e. The van der Waals surface area contributed by atoms with Gasteiger partial charge in [0.05, 0.1) is 6.10 Å². The Hall–Kier alpha value is -1.32. The maximum atomic E-state index is 10.0. The molecule has 2 aromatic carbocycles. The number of hydrogen-bond acceptors (Lipinski definition) is 2. The fourth-order valence-corrected chi connectivity index (χ4v) is 1.95. The van der Waals surface area contributed by atoms with E-state index in [1.807, 2.05) is 48.5 Å². The van der Waals surface area contributed by atoms with Crippen molar-refractivity contribution in [1.82, 2.24) is 0 Å². The Bertz CT molecular complexity index is 493. The number of aryl methyl sites for hydroxylation is 1. The number of benzene rings is 2. The lowest BCUT2D eigenvalue weighted by atomic mass is 10.1. The molecule has 0 unspecified atom stereocenters. The molecule has 94 valence electrons. The Morgan fingerprint density at radius 1 is 1.06 bits per heavy atom. The molecule has 2 nitrogen and oxygen atoms in total. The standard InChI is InChI=1S/C15H16BrNO/c1-11-2-8-14(9-3-11)17-10-15(18)12-4-6-13(16)7-5-12/h2-9,15,17-18H,10H2,1H3/t15-/m1/s1. The predicted molar refractivity (Wildman–Crippen MR) is 78.8 cm³/mol. The first-order valence-electron chi connectivity index (χ1n) is 5.89. The molecule has 18 heavy (non-hydrogen) atoms. The van der Waals surface area contributed by atoms with Crippen LogP contribution < -0.4 is 5.32 Å².